The first-order valence-corrected chi connectivity index (χ1v) is 13.6. The zero-order chi connectivity index (χ0) is 24.1. The Bertz CT molecular complexity index is 1100. The normalized spacial score (nSPS) is 21.4. The minimum Gasteiger partial charge on any atom is -0.352 e. The first kappa shape index (κ1) is 24.4. The second kappa shape index (κ2) is 10.7. The molecule has 182 valence electrons. The number of likely N-dealkylation sites (tertiary alicyclic amines) is 1. The van der Waals surface area contributed by atoms with Crippen LogP contribution >= 0.6 is 0 Å². The standard InChI is InChI=1S/C26H33N3O4S/c1-20(29-19-5-10-24(34(29,32)33)22-8-3-2-4-9-22)21-12-14-23(15-13-21)26(31)27-16-7-18-28-17-6-11-25(28)30/h2-4,8-9,12-15,20,24H,5-7,10-11,16-19H2,1H3,(H,27,31). The van der Waals surface area contributed by atoms with Gasteiger partial charge in [0.15, 0.2) is 0 Å². The maximum atomic E-state index is 13.4. The summed E-state index contributed by atoms with van der Waals surface area (Å²) in [5, 5.41) is 2.38. The Morgan fingerprint density at radius 2 is 1.79 bits per heavy atom. The number of carbonyl (C=O) groups is 2. The van der Waals surface area contributed by atoms with E-state index >= 15 is 0 Å². The number of nitrogens with one attached hydrogen (secondary N) is 1. The molecule has 2 aliphatic rings. The predicted octanol–water partition coefficient (Wildman–Crippen LogP) is 3.66. The van der Waals surface area contributed by atoms with Crippen molar-refractivity contribution in [2.75, 3.05) is 26.2 Å². The molecular formula is C26H33N3O4S. The summed E-state index contributed by atoms with van der Waals surface area (Å²) in [5.74, 6) is 0.0310. The molecule has 34 heavy (non-hydrogen) atoms. The Labute approximate surface area is 202 Å². The van der Waals surface area contributed by atoms with Crippen LogP contribution in [-0.4, -0.2) is 55.6 Å². The van der Waals surface area contributed by atoms with Crippen LogP contribution in [0.25, 0.3) is 0 Å². The molecule has 2 amide bonds. The minimum atomic E-state index is -3.49. The third kappa shape index (κ3) is 5.33. The van der Waals surface area contributed by atoms with E-state index in [2.05, 4.69) is 5.32 Å². The highest BCUT2D eigenvalue weighted by Gasteiger charge is 2.39. The Balaban J connectivity index is 1.35. The summed E-state index contributed by atoms with van der Waals surface area (Å²) < 4.78 is 28.4. The van der Waals surface area contributed by atoms with Gasteiger partial charge < -0.3 is 10.2 Å². The maximum absolute atomic E-state index is 13.4. The molecule has 2 atom stereocenters. The highest BCUT2D eigenvalue weighted by Crippen LogP contribution is 2.38. The van der Waals surface area contributed by atoms with E-state index in [1.165, 1.54) is 0 Å². The van der Waals surface area contributed by atoms with Crippen LogP contribution < -0.4 is 5.32 Å². The van der Waals surface area contributed by atoms with Crippen LogP contribution in [-0.2, 0) is 14.8 Å². The van der Waals surface area contributed by atoms with Gasteiger partial charge in [-0.1, -0.05) is 42.5 Å². The van der Waals surface area contributed by atoms with Gasteiger partial charge in [0, 0.05) is 44.2 Å². The molecular weight excluding hydrogens is 450 g/mol. The minimum absolute atomic E-state index is 0.165. The molecule has 2 fully saturated rings. The fourth-order valence-corrected chi connectivity index (χ4v) is 7.12. The summed E-state index contributed by atoms with van der Waals surface area (Å²) in [7, 11) is -3.49. The number of nitrogens with zero attached hydrogens (tertiary/aromatic N) is 2. The zero-order valence-electron chi connectivity index (χ0n) is 19.7. The van der Waals surface area contributed by atoms with Crippen molar-refractivity contribution in [3.8, 4) is 0 Å². The Hall–Kier alpha value is -2.71. The second-order valence-electron chi connectivity index (χ2n) is 9.09. The van der Waals surface area contributed by atoms with Crippen LogP contribution in [0.5, 0.6) is 0 Å². The molecule has 2 unspecified atom stereocenters. The van der Waals surface area contributed by atoms with Gasteiger partial charge in [0.25, 0.3) is 5.91 Å². The predicted molar refractivity (Wildman–Crippen MR) is 132 cm³/mol. The van der Waals surface area contributed by atoms with Gasteiger partial charge in [-0.05, 0) is 55.9 Å². The van der Waals surface area contributed by atoms with Gasteiger partial charge in [0.2, 0.25) is 15.9 Å². The van der Waals surface area contributed by atoms with Gasteiger partial charge in [-0.25, -0.2) is 8.42 Å². The number of carbonyl (C=O) groups excluding carboxylic acids is 2. The lowest BCUT2D eigenvalue weighted by Crippen LogP contribution is -2.41. The molecule has 0 radical (unpaired) electrons. The lowest BCUT2D eigenvalue weighted by molar-refractivity contribution is -0.127. The molecule has 2 aromatic rings. The van der Waals surface area contributed by atoms with Crippen LogP contribution in [0.1, 0.15) is 71.8 Å². The molecule has 0 bridgehead atoms. The Morgan fingerprint density at radius 1 is 1.06 bits per heavy atom. The topological polar surface area (TPSA) is 86.8 Å². The third-order valence-electron chi connectivity index (χ3n) is 6.85. The molecule has 4 rings (SSSR count). The van der Waals surface area contributed by atoms with E-state index in [1.54, 1.807) is 16.4 Å². The van der Waals surface area contributed by atoms with E-state index in [0.29, 0.717) is 38.0 Å². The monoisotopic (exact) mass is 483 g/mol. The first-order chi connectivity index (χ1) is 16.4. The molecule has 0 aliphatic carbocycles. The third-order valence-corrected chi connectivity index (χ3v) is 9.23. The number of hydrogen-bond acceptors (Lipinski definition) is 4. The highest BCUT2D eigenvalue weighted by molar-refractivity contribution is 7.89. The first-order valence-electron chi connectivity index (χ1n) is 12.1. The van der Waals surface area contributed by atoms with Crippen LogP contribution in [0.4, 0.5) is 0 Å². The van der Waals surface area contributed by atoms with E-state index < -0.39 is 15.3 Å². The quantitative estimate of drug-likeness (QED) is 0.581. The van der Waals surface area contributed by atoms with Crippen molar-refractivity contribution in [3.63, 3.8) is 0 Å². The van der Waals surface area contributed by atoms with Gasteiger partial charge >= 0.3 is 0 Å². The van der Waals surface area contributed by atoms with Gasteiger partial charge in [-0.2, -0.15) is 4.31 Å². The molecule has 0 spiro atoms. The molecule has 1 N–H and O–H groups in total. The van der Waals surface area contributed by atoms with Crippen molar-refractivity contribution >= 4 is 21.8 Å². The fourth-order valence-electron chi connectivity index (χ4n) is 4.89. The molecule has 8 heteroatoms. The van der Waals surface area contributed by atoms with Crippen molar-refractivity contribution in [1.29, 1.82) is 0 Å². The maximum Gasteiger partial charge on any atom is 0.251 e. The van der Waals surface area contributed by atoms with Crippen LogP contribution in [0, 0.1) is 0 Å². The fraction of sp³-hybridized carbons (Fsp3) is 0.462. The van der Waals surface area contributed by atoms with Crippen molar-refractivity contribution in [3.05, 3.63) is 71.3 Å². The van der Waals surface area contributed by atoms with Crippen LogP contribution in [0.3, 0.4) is 0 Å². The van der Waals surface area contributed by atoms with Gasteiger partial charge in [0.05, 0.1) is 0 Å². The van der Waals surface area contributed by atoms with Crippen molar-refractivity contribution in [2.45, 2.75) is 50.3 Å². The van der Waals surface area contributed by atoms with Gasteiger partial charge in [0.1, 0.15) is 5.25 Å². The Kier molecular flexibility index (Phi) is 7.68. The lowest BCUT2D eigenvalue weighted by Gasteiger charge is -2.36. The molecule has 2 aromatic carbocycles. The van der Waals surface area contributed by atoms with E-state index in [4.69, 9.17) is 0 Å². The molecule has 0 aromatic heterocycles. The average molecular weight is 484 g/mol. The lowest BCUT2D eigenvalue weighted by atomic mass is 10.0. The van der Waals surface area contributed by atoms with Gasteiger partial charge in [-0.3, -0.25) is 9.59 Å². The smallest absolute Gasteiger partial charge is 0.251 e. The van der Waals surface area contributed by atoms with E-state index in [9.17, 15) is 18.0 Å². The second-order valence-corrected chi connectivity index (χ2v) is 11.2. The number of benzene rings is 2. The van der Waals surface area contributed by atoms with E-state index in [-0.39, 0.29) is 17.9 Å². The molecule has 2 aliphatic heterocycles. The summed E-state index contributed by atoms with van der Waals surface area (Å²) in [6, 6.07) is 16.3. The molecule has 2 saturated heterocycles. The molecule has 0 saturated carbocycles. The largest absolute Gasteiger partial charge is 0.352 e. The van der Waals surface area contributed by atoms with Crippen LogP contribution in [0.2, 0.25) is 0 Å². The van der Waals surface area contributed by atoms with Crippen molar-refractivity contribution < 1.29 is 18.0 Å². The van der Waals surface area contributed by atoms with E-state index in [0.717, 1.165) is 36.9 Å². The van der Waals surface area contributed by atoms with Gasteiger partial charge in [-0.15, -0.1) is 0 Å². The summed E-state index contributed by atoms with van der Waals surface area (Å²) >= 11 is 0. The highest BCUT2D eigenvalue weighted by atomic mass is 32.2. The van der Waals surface area contributed by atoms with E-state index in [1.807, 2.05) is 54.3 Å². The van der Waals surface area contributed by atoms with Crippen molar-refractivity contribution in [1.82, 2.24) is 14.5 Å². The summed E-state index contributed by atoms with van der Waals surface area (Å²) in [6.45, 7) is 4.39. The molecule has 7 nitrogen and oxygen atoms in total. The number of rotatable bonds is 8. The van der Waals surface area contributed by atoms with Crippen LogP contribution in [0.15, 0.2) is 54.6 Å². The summed E-state index contributed by atoms with van der Waals surface area (Å²) in [6.07, 6.45) is 3.71. The molecule has 2 heterocycles. The summed E-state index contributed by atoms with van der Waals surface area (Å²) in [4.78, 5) is 26.0. The number of hydrogen-bond donors (Lipinski definition) is 1. The average Bonchev–Trinajstić information content (AvgIpc) is 3.26. The zero-order valence-corrected chi connectivity index (χ0v) is 20.5. The summed E-state index contributed by atoms with van der Waals surface area (Å²) in [5.41, 5.74) is 2.23. The number of sulfonamides is 1. The SMILES string of the molecule is CC(c1ccc(C(=O)NCCCN2CCCC2=O)cc1)N1CCCC(c2ccccc2)S1(=O)=O. The van der Waals surface area contributed by atoms with Crippen molar-refractivity contribution in [2.24, 2.45) is 0 Å². The Morgan fingerprint density at radius 3 is 2.47 bits per heavy atom. The number of amides is 2.